The predicted octanol–water partition coefficient (Wildman–Crippen LogP) is 4.88. The number of benzene rings is 2. The van der Waals surface area contributed by atoms with Gasteiger partial charge < -0.3 is 4.74 Å². The van der Waals surface area contributed by atoms with E-state index in [2.05, 4.69) is 0 Å². The molecule has 2 aromatic rings. The van der Waals surface area contributed by atoms with E-state index in [1.54, 1.807) is 18.2 Å². The molecule has 0 spiro atoms. The van der Waals surface area contributed by atoms with Crippen LogP contribution >= 0.6 is 11.6 Å². The molecule has 2 saturated heterocycles. The monoisotopic (exact) mass is 416 g/mol. The van der Waals surface area contributed by atoms with Crippen LogP contribution in [-0.2, 0) is 20.7 Å². The Morgan fingerprint density at radius 1 is 1.00 bits per heavy atom. The van der Waals surface area contributed by atoms with Crippen molar-refractivity contribution in [3.05, 3.63) is 58.1 Å². The Hall–Kier alpha value is -2.11. The lowest BCUT2D eigenvalue weighted by atomic mass is 9.81. The third kappa shape index (κ3) is 2.71. The molecule has 5 rings (SSSR count). The van der Waals surface area contributed by atoms with Crippen LogP contribution in [0.5, 0.6) is 0 Å². The number of aryl methyl sites for hydroxylation is 1. The first-order valence-corrected chi connectivity index (χ1v) is 10.3. The third-order valence-corrected chi connectivity index (χ3v) is 6.85. The van der Waals surface area contributed by atoms with Gasteiger partial charge in [-0.15, -0.1) is 0 Å². The number of carbonyl (C=O) groups excluding carboxylic acids is 2. The Morgan fingerprint density at radius 2 is 1.59 bits per heavy atom. The molecule has 0 radical (unpaired) electrons. The molecule has 3 nitrogen and oxygen atoms in total. The average Bonchev–Trinajstić information content (AvgIpc) is 3.35. The Balaban J connectivity index is 1.62. The third-order valence-electron chi connectivity index (χ3n) is 6.63. The summed E-state index contributed by atoms with van der Waals surface area (Å²) in [6.07, 6.45) is 1.87. The molecule has 29 heavy (non-hydrogen) atoms. The van der Waals surface area contributed by atoms with Gasteiger partial charge in [0.05, 0.1) is 29.6 Å². The summed E-state index contributed by atoms with van der Waals surface area (Å²) >= 11 is 5.74. The van der Waals surface area contributed by atoms with Gasteiger partial charge in [0.2, 0.25) is 0 Å². The number of fused-ring (bicyclic) bond motifs is 5. The molecule has 1 saturated carbocycles. The van der Waals surface area contributed by atoms with Crippen molar-refractivity contribution in [1.29, 1.82) is 0 Å². The van der Waals surface area contributed by atoms with Crippen LogP contribution in [-0.4, -0.2) is 23.8 Å². The van der Waals surface area contributed by atoms with Crippen LogP contribution in [0.4, 0.5) is 8.78 Å². The molecule has 150 valence electrons. The summed E-state index contributed by atoms with van der Waals surface area (Å²) in [5, 5.41) is -0.0291. The minimum absolute atomic E-state index is 0.0291. The highest BCUT2D eigenvalue weighted by atomic mass is 35.5. The molecule has 0 aromatic heterocycles. The van der Waals surface area contributed by atoms with Crippen molar-refractivity contribution in [2.45, 2.75) is 44.3 Å². The Bertz CT molecular complexity index is 999. The zero-order valence-electron chi connectivity index (χ0n) is 15.8. The smallest absolute Gasteiger partial charge is 0.154 e. The average molecular weight is 417 g/mol. The maximum Gasteiger partial charge on any atom is 0.154 e. The molecule has 2 aliphatic heterocycles. The van der Waals surface area contributed by atoms with Crippen molar-refractivity contribution >= 4 is 23.2 Å². The highest BCUT2D eigenvalue weighted by Gasteiger charge is 2.63. The van der Waals surface area contributed by atoms with E-state index in [4.69, 9.17) is 16.3 Å². The van der Waals surface area contributed by atoms with E-state index in [1.165, 1.54) is 0 Å². The molecule has 6 heteroatoms. The molecule has 2 bridgehead atoms. The number of rotatable bonds is 3. The Labute approximate surface area is 172 Å². The summed E-state index contributed by atoms with van der Waals surface area (Å²) in [7, 11) is 0. The number of hydrogen-bond acceptors (Lipinski definition) is 3. The van der Waals surface area contributed by atoms with E-state index < -0.39 is 17.6 Å². The summed E-state index contributed by atoms with van der Waals surface area (Å²) in [5.74, 6) is -3.44. The highest BCUT2D eigenvalue weighted by molar-refractivity contribution is 6.30. The number of carbonyl (C=O) groups is 2. The van der Waals surface area contributed by atoms with Crippen LogP contribution in [0.2, 0.25) is 5.02 Å². The first-order valence-electron chi connectivity index (χ1n) is 9.91. The molecule has 5 atom stereocenters. The summed E-state index contributed by atoms with van der Waals surface area (Å²) in [6.45, 7) is 1.93. The zero-order valence-corrected chi connectivity index (χ0v) is 16.5. The van der Waals surface area contributed by atoms with Gasteiger partial charge in [-0.3, -0.25) is 9.59 Å². The number of ether oxygens (including phenoxy) is 1. The van der Waals surface area contributed by atoms with E-state index in [0.717, 1.165) is 30.5 Å². The zero-order chi connectivity index (χ0) is 20.4. The maximum absolute atomic E-state index is 14.5. The lowest BCUT2D eigenvalue weighted by molar-refractivity contribution is -0.127. The number of ketones is 2. The second-order valence-corrected chi connectivity index (χ2v) is 8.53. The maximum atomic E-state index is 14.5. The predicted molar refractivity (Wildman–Crippen MR) is 104 cm³/mol. The van der Waals surface area contributed by atoms with Crippen LogP contribution in [0.3, 0.4) is 0 Å². The van der Waals surface area contributed by atoms with Gasteiger partial charge in [0.25, 0.3) is 0 Å². The van der Waals surface area contributed by atoms with Gasteiger partial charge >= 0.3 is 0 Å². The van der Waals surface area contributed by atoms with E-state index in [0.29, 0.717) is 17.5 Å². The van der Waals surface area contributed by atoms with E-state index >= 15 is 0 Å². The van der Waals surface area contributed by atoms with E-state index in [-0.39, 0.29) is 46.2 Å². The van der Waals surface area contributed by atoms with Crippen molar-refractivity contribution in [2.75, 3.05) is 0 Å². The minimum atomic E-state index is -0.884. The van der Waals surface area contributed by atoms with Crippen molar-refractivity contribution in [3.63, 3.8) is 0 Å². The van der Waals surface area contributed by atoms with E-state index in [1.807, 2.05) is 6.92 Å². The van der Waals surface area contributed by atoms with Gasteiger partial charge in [0.1, 0.15) is 17.6 Å². The summed E-state index contributed by atoms with van der Waals surface area (Å²) < 4.78 is 34.7. The molecule has 0 amide bonds. The summed E-state index contributed by atoms with van der Waals surface area (Å²) in [4.78, 5) is 26.4. The molecule has 2 aromatic carbocycles. The first-order chi connectivity index (χ1) is 13.9. The SMILES string of the molecule is CCc1ccc(-c2c(F)cc(Cl)cc2F)cc1C1C(=O)[C@@H]2[C@H](C1=O)[C@H]1CC[C@@H]2O1. The lowest BCUT2D eigenvalue weighted by Gasteiger charge is -2.17. The Morgan fingerprint density at radius 3 is 2.14 bits per heavy atom. The van der Waals surface area contributed by atoms with Gasteiger partial charge in [0, 0.05) is 5.02 Å². The van der Waals surface area contributed by atoms with E-state index in [9.17, 15) is 18.4 Å². The lowest BCUT2D eigenvalue weighted by Crippen LogP contribution is -2.29. The van der Waals surface area contributed by atoms with Crippen LogP contribution < -0.4 is 0 Å². The van der Waals surface area contributed by atoms with Gasteiger partial charge in [-0.2, -0.15) is 0 Å². The van der Waals surface area contributed by atoms with Crippen LogP contribution in [0.15, 0.2) is 30.3 Å². The molecule has 1 unspecified atom stereocenters. The van der Waals surface area contributed by atoms with Crippen molar-refractivity contribution in [2.24, 2.45) is 11.8 Å². The molecule has 0 N–H and O–H groups in total. The number of Topliss-reactive ketones (excluding diaryl/α,β-unsaturated/α-hetero) is 2. The standard InChI is InChI=1S/C23H19ClF2O3/c1-2-10-3-4-11(18-14(25)8-12(24)9-15(18)26)7-13(10)19-22(27)20-16-5-6-17(29-16)21(20)23(19)28/h3-4,7-9,16-17,19-21H,2,5-6H2,1H3/t16-,17+,19?,20-,21+. The van der Waals surface area contributed by atoms with Gasteiger partial charge in [-0.25, -0.2) is 8.78 Å². The quantitative estimate of drug-likeness (QED) is 0.670. The topological polar surface area (TPSA) is 43.4 Å². The van der Waals surface area contributed by atoms with Crippen LogP contribution in [0.1, 0.15) is 36.8 Å². The first kappa shape index (κ1) is 18.9. The molecule has 3 fully saturated rings. The largest absolute Gasteiger partial charge is 0.373 e. The fraction of sp³-hybridized carbons (Fsp3) is 0.391. The molecular weight excluding hydrogens is 398 g/mol. The fourth-order valence-corrected chi connectivity index (χ4v) is 5.58. The highest BCUT2D eigenvalue weighted by Crippen LogP contribution is 2.52. The second-order valence-electron chi connectivity index (χ2n) is 8.09. The van der Waals surface area contributed by atoms with Crippen molar-refractivity contribution in [3.8, 4) is 11.1 Å². The molecule has 1 aliphatic carbocycles. The van der Waals surface area contributed by atoms with Crippen molar-refractivity contribution < 1.29 is 23.1 Å². The van der Waals surface area contributed by atoms with Crippen molar-refractivity contribution in [1.82, 2.24) is 0 Å². The fourth-order valence-electron chi connectivity index (χ4n) is 5.39. The van der Waals surface area contributed by atoms with Gasteiger partial charge in [0.15, 0.2) is 11.6 Å². The normalized spacial score (nSPS) is 30.3. The van der Waals surface area contributed by atoms with Crippen LogP contribution in [0, 0.1) is 23.5 Å². The molecule has 2 heterocycles. The second kappa shape index (κ2) is 6.71. The molecular formula is C23H19ClF2O3. The van der Waals surface area contributed by atoms with Gasteiger partial charge in [-0.05, 0) is 54.2 Å². The summed E-state index contributed by atoms with van der Waals surface area (Å²) in [6, 6.07) is 7.07. The van der Waals surface area contributed by atoms with Crippen LogP contribution in [0.25, 0.3) is 11.1 Å². The number of hydrogen-bond donors (Lipinski definition) is 0. The number of halogens is 3. The molecule has 3 aliphatic rings. The van der Waals surface area contributed by atoms with Gasteiger partial charge in [-0.1, -0.05) is 30.7 Å². The summed E-state index contributed by atoms with van der Waals surface area (Å²) in [5.41, 5.74) is 1.48. The Kier molecular flexibility index (Phi) is 4.37. The minimum Gasteiger partial charge on any atom is -0.373 e.